The number of rotatable bonds is 6. The van der Waals surface area contributed by atoms with Crippen LogP contribution < -0.4 is 0 Å². The van der Waals surface area contributed by atoms with Crippen molar-refractivity contribution < 1.29 is 22.7 Å². The van der Waals surface area contributed by atoms with E-state index in [1.165, 1.54) is 28.6 Å². The number of carbonyl (C=O) groups is 2. The first kappa shape index (κ1) is 20.6. The number of piperidine rings is 1. The van der Waals surface area contributed by atoms with E-state index in [-0.39, 0.29) is 16.9 Å². The second-order valence-electron chi connectivity index (χ2n) is 7.20. The molecule has 0 bridgehead atoms. The van der Waals surface area contributed by atoms with E-state index < -0.39 is 38.1 Å². The van der Waals surface area contributed by atoms with Crippen LogP contribution >= 0.6 is 23.2 Å². The first-order valence-corrected chi connectivity index (χ1v) is 11.0. The molecule has 2 aliphatic rings. The maximum atomic E-state index is 12.6. The number of ether oxygens (including phenoxy) is 1. The van der Waals surface area contributed by atoms with E-state index in [0.29, 0.717) is 13.1 Å². The predicted octanol–water partition coefficient (Wildman–Crippen LogP) is 3.17. The highest BCUT2D eigenvalue weighted by atomic mass is 35.5. The van der Waals surface area contributed by atoms with E-state index in [4.69, 9.17) is 27.9 Å². The quantitative estimate of drug-likeness (QED) is 0.390. The predicted molar refractivity (Wildman–Crippen MR) is 102 cm³/mol. The van der Waals surface area contributed by atoms with Gasteiger partial charge < -0.3 is 4.74 Å². The first-order valence-electron chi connectivity index (χ1n) is 8.76. The fraction of sp³-hybridized carbons (Fsp3) is 0.556. The van der Waals surface area contributed by atoms with E-state index in [0.717, 1.165) is 19.3 Å². The number of Topliss-reactive ketones (excluding diaryl/α,β-unsaturated/α-hetero) is 1. The van der Waals surface area contributed by atoms with Crippen molar-refractivity contribution in [3.05, 3.63) is 29.8 Å². The zero-order valence-electron chi connectivity index (χ0n) is 14.9. The largest absolute Gasteiger partial charge is 0.457 e. The Morgan fingerprint density at radius 2 is 1.67 bits per heavy atom. The minimum Gasteiger partial charge on any atom is -0.457 e. The lowest BCUT2D eigenvalue weighted by Gasteiger charge is -2.25. The summed E-state index contributed by atoms with van der Waals surface area (Å²) in [5.41, 5.74) is -0.729. The molecular weight excluding hydrogens is 413 g/mol. The molecule has 0 spiro atoms. The average molecular weight is 434 g/mol. The average Bonchev–Trinajstić information content (AvgIpc) is 3.19. The summed E-state index contributed by atoms with van der Waals surface area (Å²) in [6.07, 6.45) is 3.02. The van der Waals surface area contributed by atoms with Crippen molar-refractivity contribution >= 4 is 45.0 Å². The van der Waals surface area contributed by atoms with Crippen molar-refractivity contribution in [2.45, 2.75) is 41.8 Å². The normalized spacial score (nSPS) is 25.0. The summed E-state index contributed by atoms with van der Waals surface area (Å²) < 4.78 is 30.6. The van der Waals surface area contributed by atoms with Gasteiger partial charge in [0.15, 0.2) is 12.4 Å². The van der Waals surface area contributed by atoms with Crippen LogP contribution in [0.5, 0.6) is 0 Å². The zero-order chi connectivity index (χ0) is 19.9. The van der Waals surface area contributed by atoms with Gasteiger partial charge in [-0.25, -0.2) is 8.42 Å². The molecule has 6 nitrogen and oxygen atoms in total. The first-order chi connectivity index (χ1) is 12.6. The van der Waals surface area contributed by atoms with Crippen molar-refractivity contribution in [1.82, 2.24) is 4.31 Å². The van der Waals surface area contributed by atoms with Crippen LogP contribution in [0.25, 0.3) is 0 Å². The molecule has 1 aliphatic carbocycles. The van der Waals surface area contributed by atoms with Gasteiger partial charge in [-0.2, -0.15) is 4.31 Å². The number of sulfonamides is 1. The van der Waals surface area contributed by atoms with Crippen LogP contribution in [0.4, 0.5) is 0 Å². The molecule has 0 aromatic heterocycles. The molecule has 1 aromatic rings. The molecule has 1 saturated carbocycles. The van der Waals surface area contributed by atoms with Gasteiger partial charge >= 0.3 is 5.97 Å². The van der Waals surface area contributed by atoms with Crippen LogP contribution in [-0.4, -0.2) is 48.5 Å². The van der Waals surface area contributed by atoms with Crippen LogP contribution in [0.1, 0.15) is 43.0 Å². The fourth-order valence-electron chi connectivity index (χ4n) is 3.06. The summed E-state index contributed by atoms with van der Waals surface area (Å²) >= 11 is 11.8. The van der Waals surface area contributed by atoms with Crippen molar-refractivity contribution in [3.8, 4) is 0 Å². The lowest BCUT2D eigenvalue weighted by atomic mass is 10.1. The minimum atomic E-state index is -3.55. The molecule has 1 aliphatic heterocycles. The van der Waals surface area contributed by atoms with E-state index >= 15 is 0 Å². The molecule has 9 heteroatoms. The minimum absolute atomic E-state index is 0.150. The highest BCUT2D eigenvalue weighted by molar-refractivity contribution is 7.89. The van der Waals surface area contributed by atoms with Crippen molar-refractivity contribution in [1.29, 1.82) is 0 Å². The molecule has 3 rings (SSSR count). The Bertz CT molecular complexity index is 847. The molecule has 27 heavy (non-hydrogen) atoms. The molecule has 1 aromatic carbocycles. The van der Waals surface area contributed by atoms with Gasteiger partial charge in [0.05, 0.1) is 4.90 Å². The van der Waals surface area contributed by atoms with Gasteiger partial charge in [0.2, 0.25) is 10.0 Å². The van der Waals surface area contributed by atoms with Gasteiger partial charge in [-0.1, -0.05) is 6.42 Å². The van der Waals surface area contributed by atoms with Crippen molar-refractivity contribution in [2.24, 2.45) is 5.41 Å². The maximum absolute atomic E-state index is 12.6. The zero-order valence-corrected chi connectivity index (χ0v) is 17.2. The number of hydrogen-bond acceptors (Lipinski definition) is 5. The Hall–Kier alpha value is -1.15. The summed E-state index contributed by atoms with van der Waals surface area (Å²) in [7, 11) is -3.55. The van der Waals surface area contributed by atoms with Gasteiger partial charge in [-0.15, -0.1) is 23.2 Å². The van der Waals surface area contributed by atoms with E-state index in [1.807, 2.05) is 0 Å². The van der Waals surface area contributed by atoms with E-state index in [2.05, 4.69) is 0 Å². The summed E-state index contributed by atoms with van der Waals surface area (Å²) in [6.45, 7) is 2.16. The Balaban J connectivity index is 1.61. The Labute approximate surface area is 168 Å². The highest BCUT2D eigenvalue weighted by Gasteiger charge is 2.69. The summed E-state index contributed by atoms with van der Waals surface area (Å²) in [4.78, 5) is 24.4. The van der Waals surface area contributed by atoms with Gasteiger partial charge in [-0.3, -0.25) is 9.59 Å². The number of halogens is 2. The molecule has 1 heterocycles. The SMILES string of the molecule is C[C@]1(C(=O)OCC(=O)c2ccc(S(=O)(=O)N3CCCCC3)cc2)CC1(Cl)Cl. The topological polar surface area (TPSA) is 80.8 Å². The number of nitrogens with zero attached hydrogens (tertiary/aromatic N) is 1. The van der Waals surface area contributed by atoms with Crippen LogP contribution in [-0.2, 0) is 19.6 Å². The molecule has 148 valence electrons. The molecule has 0 N–H and O–H groups in total. The third kappa shape index (κ3) is 4.01. The maximum Gasteiger partial charge on any atom is 0.315 e. The van der Waals surface area contributed by atoms with Crippen LogP contribution in [0.2, 0.25) is 0 Å². The molecule has 2 fully saturated rings. The van der Waals surface area contributed by atoms with Crippen LogP contribution in [0.3, 0.4) is 0 Å². The number of ketones is 1. The smallest absolute Gasteiger partial charge is 0.315 e. The summed E-state index contributed by atoms with van der Waals surface area (Å²) in [6, 6.07) is 5.67. The van der Waals surface area contributed by atoms with Gasteiger partial charge in [0, 0.05) is 25.1 Å². The number of hydrogen-bond donors (Lipinski definition) is 0. The second kappa shape index (κ2) is 7.35. The van der Waals surface area contributed by atoms with Gasteiger partial charge in [0.25, 0.3) is 0 Å². The second-order valence-corrected chi connectivity index (χ2v) is 10.6. The monoisotopic (exact) mass is 433 g/mol. The molecular formula is C18H21Cl2NO5S. The summed E-state index contributed by atoms with van der Waals surface area (Å²) in [5, 5.41) is 0. The van der Waals surface area contributed by atoms with E-state index in [1.54, 1.807) is 6.92 Å². The summed E-state index contributed by atoms with van der Waals surface area (Å²) in [5.74, 6) is -1.05. The lowest BCUT2D eigenvalue weighted by molar-refractivity contribution is -0.148. The molecule has 1 atom stereocenters. The van der Waals surface area contributed by atoms with Gasteiger partial charge in [-0.05, 0) is 44.0 Å². The highest BCUT2D eigenvalue weighted by Crippen LogP contribution is 2.64. The molecule has 1 saturated heterocycles. The van der Waals surface area contributed by atoms with Gasteiger partial charge in [0.1, 0.15) is 9.75 Å². The van der Waals surface area contributed by atoms with Crippen molar-refractivity contribution in [3.63, 3.8) is 0 Å². The number of benzene rings is 1. The van der Waals surface area contributed by atoms with Crippen LogP contribution in [0, 0.1) is 5.41 Å². The Morgan fingerprint density at radius 1 is 1.11 bits per heavy atom. The molecule has 0 radical (unpaired) electrons. The Kier molecular flexibility index (Phi) is 5.60. The Morgan fingerprint density at radius 3 is 2.19 bits per heavy atom. The fourth-order valence-corrected chi connectivity index (χ4v) is 5.27. The molecule has 0 unspecified atom stereocenters. The molecule has 0 amide bonds. The number of carbonyl (C=O) groups excluding carboxylic acids is 2. The van der Waals surface area contributed by atoms with Crippen molar-refractivity contribution in [2.75, 3.05) is 19.7 Å². The lowest BCUT2D eigenvalue weighted by Crippen LogP contribution is -2.35. The third-order valence-corrected chi connectivity index (χ3v) is 8.19. The number of alkyl halides is 2. The van der Waals surface area contributed by atoms with E-state index in [9.17, 15) is 18.0 Å². The number of esters is 1. The van der Waals surface area contributed by atoms with Crippen LogP contribution in [0.15, 0.2) is 29.2 Å². The third-order valence-electron chi connectivity index (χ3n) is 5.17. The standard InChI is InChI=1S/C18H21Cl2NO5S/c1-17(12-18(17,19)20)16(23)26-11-15(22)13-5-7-14(8-6-13)27(24,25)21-9-3-2-4-10-21/h5-8H,2-4,9-12H2,1H3/t17-/m1/s1.